The van der Waals surface area contributed by atoms with Gasteiger partial charge in [0.2, 0.25) is 12.5 Å². The summed E-state index contributed by atoms with van der Waals surface area (Å²) in [5.41, 5.74) is 0. The molecule has 0 aromatic heterocycles. The van der Waals surface area contributed by atoms with Gasteiger partial charge >= 0.3 is 5.97 Å². The molecule has 0 saturated heterocycles. The van der Waals surface area contributed by atoms with Crippen molar-refractivity contribution in [2.75, 3.05) is 0 Å². The van der Waals surface area contributed by atoms with Crippen LogP contribution in [0.4, 0.5) is 0 Å². The largest absolute Gasteiger partial charge is 0.479 e. The maximum Gasteiger partial charge on any atom is 0.343 e. The Morgan fingerprint density at radius 3 is 0.706 bits per heavy atom. The molecule has 34 heavy (non-hydrogen) atoms. The van der Waals surface area contributed by atoms with E-state index in [2.05, 4.69) is 0 Å². The molecule has 0 heterocycles. The second-order valence-electron chi connectivity index (χ2n) is 5.97. The Kier molecular flexibility index (Phi) is 13.5. The lowest BCUT2D eigenvalue weighted by Gasteiger charge is -2.55. The van der Waals surface area contributed by atoms with Gasteiger partial charge in [0.1, 0.15) is 0 Å². The second kappa shape index (κ2) is 11.6. The molecule has 0 saturated carbocycles. The van der Waals surface area contributed by atoms with Gasteiger partial charge in [-0.1, -0.05) is 244 Å². The minimum absolute atomic E-state index is 2.07. The predicted molar refractivity (Wildman–Crippen MR) is 158 cm³/mol. The molecule has 1 N–H and O–H groups in total. The van der Waals surface area contributed by atoms with E-state index in [4.69, 9.17) is 244 Å². The topological polar surface area (TPSA) is 37.3 Å². The van der Waals surface area contributed by atoms with Crippen LogP contribution in [0.15, 0.2) is 0 Å². The fraction of sp³-hybridized carbons (Fsp3) is 0.909. The van der Waals surface area contributed by atoms with Crippen molar-refractivity contribution in [2.24, 2.45) is 0 Å². The lowest BCUT2D eigenvalue weighted by Crippen LogP contribution is -2.73. The Morgan fingerprint density at radius 2 is 0.529 bits per heavy atom. The van der Waals surface area contributed by atoms with Gasteiger partial charge < -0.3 is 5.11 Å². The van der Waals surface area contributed by atoms with Crippen LogP contribution in [0.5, 0.6) is 0 Å². The molecule has 0 amide bonds. The quantitative estimate of drug-likeness (QED) is 0.234. The number of halogens is 21. The zero-order valence-electron chi connectivity index (χ0n) is 14.3. The Morgan fingerprint density at radius 1 is 0.353 bits per heavy atom. The molecule has 0 aromatic carbocycles. The second-order valence-corrected chi connectivity index (χ2v) is 20.2. The van der Waals surface area contributed by atoms with Crippen LogP contribution in [0, 0.1) is 0 Å². The third-order valence-electron chi connectivity index (χ3n) is 3.78. The predicted octanol–water partition coefficient (Wildman–Crippen LogP) is 12.0. The zero-order valence-corrected chi connectivity index (χ0v) is 30.2. The summed E-state index contributed by atoms with van der Waals surface area (Å²) in [6.45, 7) is 0. The number of rotatable bonds is 9. The summed E-state index contributed by atoms with van der Waals surface area (Å²) in [6.07, 6.45) is 0. The lowest BCUT2D eigenvalue weighted by atomic mass is 10.00. The number of hydrogen-bond acceptors (Lipinski definition) is 1. The fourth-order valence-corrected chi connectivity index (χ4v) is 8.18. The van der Waals surface area contributed by atoms with E-state index in [0.29, 0.717) is 0 Å². The molecule has 0 unspecified atom stereocenters. The van der Waals surface area contributed by atoms with Gasteiger partial charge in [0.25, 0.3) is 0 Å². The first-order valence-corrected chi connectivity index (χ1v) is 14.8. The van der Waals surface area contributed by atoms with Crippen LogP contribution in [0.1, 0.15) is 0 Å². The number of carboxylic acids is 1. The SMILES string of the molecule is O=C(O)C(Cl)(Cl)C(Cl)(Cl)C(Cl)(Cl)C(Cl)(Cl)C(Cl)(Cl)C(Cl)(Cl)C(Cl)(Cl)C(Cl)(Cl)C(Cl)(Cl)C(Cl)(Cl)Cl. The van der Waals surface area contributed by atoms with E-state index in [9.17, 15) is 9.90 Å². The van der Waals surface area contributed by atoms with Gasteiger partial charge in [-0.25, -0.2) is 4.79 Å². The summed E-state index contributed by atoms with van der Waals surface area (Å²) in [6, 6.07) is 0. The fourth-order valence-electron chi connectivity index (χ4n) is 1.69. The van der Waals surface area contributed by atoms with E-state index < -0.39 is 48.8 Å². The Hall–Kier alpha value is 5.56. The van der Waals surface area contributed by atoms with Gasteiger partial charge in [-0.2, -0.15) is 0 Å². The monoisotopic (exact) mass is 899 g/mol. The van der Waals surface area contributed by atoms with Crippen molar-refractivity contribution >= 4 is 250 Å². The van der Waals surface area contributed by atoms with E-state index in [1.165, 1.54) is 0 Å². The first-order chi connectivity index (χ1) is 14.2. The maximum atomic E-state index is 11.5. The summed E-state index contributed by atoms with van der Waals surface area (Å²) in [5, 5.41) is 9.27. The average Bonchev–Trinajstić information content (AvgIpc) is 2.58. The third-order valence-corrected chi connectivity index (χ3v) is 18.3. The molecule has 0 spiro atoms. The van der Waals surface area contributed by atoms with Crippen LogP contribution in [0.2, 0.25) is 0 Å². The smallest absolute Gasteiger partial charge is 0.343 e. The number of carbonyl (C=O) groups is 1. The van der Waals surface area contributed by atoms with Gasteiger partial charge in [-0.05, 0) is 0 Å². The van der Waals surface area contributed by atoms with Crippen molar-refractivity contribution in [1.82, 2.24) is 0 Å². The van der Waals surface area contributed by atoms with E-state index in [1.807, 2.05) is 0 Å². The highest BCUT2D eigenvalue weighted by Gasteiger charge is 2.84. The van der Waals surface area contributed by atoms with E-state index in [-0.39, 0.29) is 0 Å². The van der Waals surface area contributed by atoms with Crippen molar-refractivity contribution in [3.8, 4) is 0 Å². The molecule has 0 bridgehead atoms. The highest BCUT2D eigenvalue weighted by molar-refractivity contribution is 6.84. The van der Waals surface area contributed by atoms with Crippen LogP contribution in [-0.4, -0.2) is 53.9 Å². The van der Waals surface area contributed by atoms with Crippen molar-refractivity contribution < 1.29 is 9.90 Å². The first kappa shape index (κ1) is 39.6. The van der Waals surface area contributed by atoms with E-state index >= 15 is 0 Å². The molecular formula is C11HCl21O2. The number of aliphatic carboxylic acids is 1. The number of carboxylic acid groups (broad SMARTS) is 1. The summed E-state index contributed by atoms with van der Waals surface area (Å²) in [4.78, 5) is 11.5. The minimum atomic E-state index is -3.34. The van der Waals surface area contributed by atoms with Crippen molar-refractivity contribution in [1.29, 1.82) is 0 Å². The van der Waals surface area contributed by atoms with Crippen molar-refractivity contribution in [3.63, 3.8) is 0 Å². The molecule has 0 rings (SSSR count). The molecule has 0 fully saturated rings. The van der Waals surface area contributed by atoms with Crippen LogP contribution in [0.25, 0.3) is 0 Å². The molecule has 0 aliphatic heterocycles. The molecule has 204 valence electrons. The van der Waals surface area contributed by atoms with Crippen LogP contribution >= 0.6 is 244 Å². The van der Waals surface area contributed by atoms with Gasteiger partial charge in [-0.3, -0.25) is 0 Å². The van der Waals surface area contributed by atoms with Crippen LogP contribution in [0.3, 0.4) is 0 Å². The summed E-state index contributed by atoms with van der Waals surface area (Å²) in [7, 11) is 0. The van der Waals surface area contributed by atoms with Gasteiger partial charge in [0, 0.05) is 0 Å². The molecule has 0 atom stereocenters. The zero-order chi connectivity index (χ0) is 28.6. The molecule has 23 heteroatoms. The Bertz CT molecular complexity index is 789. The molecular weight excluding hydrogens is 909 g/mol. The third kappa shape index (κ3) is 5.86. The first-order valence-electron chi connectivity index (χ1n) is 6.90. The standard InChI is InChI=1S/C11HCl21O2/c12-2(13,1(33)34)3(14,15)4(16,17)5(18,19)6(20,21)7(22,23)8(24,25)9(26,27)10(28,29)11(30,31)32/h(H,33,34). The molecule has 0 aliphatic rings. The molecule has 0 aliphatic carbocycles. The van der Waals surface area contributed by atoms with Gasteiger partial charge in [-0.15, -0.1) is 0 Å². The van der Waals surface area contributed by atoms with E-state index in [0.717, 1.165) is 0 Å². The minimum Gasteiger partial charge on any atom is -0.479 e. The maximum absolute atomic E-state index is 11.5. The normalized spacial score (nSPS) is 16.6. The van der Waals surface area contributed by atoms with Gasteiger partial charge in [0.15, 0.2) is 30.3 Å². The van der Waals surface area contributed by atoms with Crippen molar-refractivity contribution in [3.05, 3.63) is 0 Å². The van der Waals surface area contributed by atoms with Crippen LogP contribution in [-0.2, 0) is 4.79 Å². The summed E-state index contributed by atoms with van der Waals surface area (Å²) < 4.78 is -31.9. The Labute approximate surface area is 298 Å². The summed E-state index contributed by atoms with van der Waals surface area (Å²) >= 11 is 127. The highest BCUT2D eigenvalue weighted by atomic mass is 35.6. The Balaban J connectivity index is 7.11. The van der Waals surface area contributed by atoms with Crippen LogP contribution < -0.4 is 0 Å². The number of alkyl halides is 21. The molecule has 0 aromatic rings. The van der Waals surface area contributed by atoms with Crippen molar-refractivity contribution in [2.45, 2.75) is 42.8 Å². The lowest BCUT2D eigenvalue weighted by molar-refractivity contribution is -0.138. The highest BCUT2D eigenvalue weighted by Crippen LogP contribution is 2.74. The molecule has 2 nitrogen and oxygen atoms in total. The van der Waals surface area contributed by atoms with E-state index in [1.54, 1.807) is 0 Å². The molecule has 0 radical (unpaired) electrons. The average molecular weight is 910 g/mol. The number of hydrogen-bond donors (Lipinski definition) is 1. The summed E-state index contributed by atoms with van der Waals surface area (Å²) in [5.74, 6) is -2.07. The van der Waals surface area contributed by atoms with Gasteiger partial charge in [0.05, 0.1) is 0 Å².